The molecule has 0 aliphatic heterocycles. The van der Waals surface area contributed by atoms with E-state index >= 15 is 0 Å². The smallest absolute Gasteiger partial charge is 0.189 e. The average molecular weight is 281 g/mol. The summed E-state index contributed by atoms with van der Waals surface area (Å²) in [6.45, 7) is 2.57. The Morgan fingerprint density at radius 3 is 2.32 bits per heavy atom. The first-order chi connectivity index (χ1) is 9.19. The highest BCUT2D eigenvalue weighted by atomic mass is 32.1. The van der Waals surface area contributed by atoms with Gasteiger partial charge in [-0.3, -0.25) is 5.43 Å². The summed E-state index contributed by atoms with van der Waals surface area (Å²) in [5.41, 5.74) is 4.60. The molecule has 3 N–H and O–H groups in total. The van der Waals surface area contributed by atoms with Gasteiger partial charge in [-0.05, 0) is 24.7 Å². The molecule has 0 spiro atoms. The summed E-state index contributed by atoms with van der Waals surface area (Å²) in [4.78, 5) is 1.66. The molecular weight excluding hydrogens is 262 g/mol. The minimum Gasteiger partial charge on any atom is -0.395 e. The number of rotatable bonds is 6. The largest absolute Gasteiger partial charge is 0.395 e. The van der Waals surface area contributed by atoms with E-state index in [-0.39, 0.29) is 13.2 Å². The van der Waals surface area contributed by atoms with Crippen LogP contribution in [0.25, 0.3) is 0 Å². The fraction of sp³-hybridized carbons (Fsp3) is 0.385. The highest BCUT2D eigenvalue weighted by Gasteiger charge is 2.07. The average Bonchev–Trinajstić information content (AvgIpc) is 2.45. The number of nitrogens with one attached hydrogen (secondary N) is 1. The van der Waals surface area contributed by atoms with E-state index in [0.717, 1.165) is 11.3 Å². The van der Waals surface area contributed by atoms with E-state index in [1.807, 2.05) is 37.3 Å². The lowest BCUT2D eigenvalue weighted by Crippen LogP contribution is -2.41. The van der Waals surface area contributed by atoms with E-state index in [4.69, 9.17) is 22.4 Å². The van der Waals surface area contributed by atoms with Crippen LogP contribution in [0.1, 0.15) is 12.5 Å². The predicted octanol–water partition coefficient (Wildman–Crippen LogP) is 0.572. The number of aliphatic hydroxyl groups is 2. The number of aliphatic hydroxyl groups excluding tert-OH is 2. The maximum absolute atomic E-state index is 8.92. The fourth-order valence-corrected chi connectivity index (χ4v) is 1.73. The summed E-state index contributed by atoms with van der Waals surface area (Å²) in [7, 11) is 0. The highest BCUT2D eigenvalue weighted by Crippen LogP contribution is 2.00. The van der Waals surface area contributed by atoms with Gasteiger partial charge in [-0.15, -0.1) is 0 Å². The zero-order chi connectivity index (χ0) is 14.1. The zero-order valence-electron chi connectivity index (χ0n) is 10.9. The van der Waals surface area contributed by atoms with Gasteiger partial charge in [0.15, 0.2) is 5.11 Å². The predicted molar refractivity (Wildman–Crippen MR) is 80.1 cm³/mol. The van der Waals surface area contributed by atoms with Gasteiger partial charge < -0.3 is 15.1 Å². The van der Waals surface area contributed by atoms with Crippen LogP contribution < -0.4 is 5.43 Å². The van der Waals surface area contributed by atoms with Gasteiger partial charge in [-0.25, -0.2) is 0 Å². The van der Waals surface area contributed by atoms with Crippen LogP contribution in [0.3, 0.4) is 0 Å². The molecule has 5 nitrogen and oxygen atoms in total. The van der Waals surface area contributed by atoms with Crippen LogP contribution in [0.2, 0.25) is 0 Å². The normalized spacial score (nSPS) is 11.2. The van der Waals surface area contributed by atoms with E-state index in [9.17, 15) is 0 Å². The lowest BCUT2D eigenvalue weighted by molar-refractivity contribution is 0.211. The number of benzene rings is 1. The summed E-state index contributed by atoms with van der Waals surface area (Å²) in [5.74, 6) is 0. The lowest BCUT2D eigenvalue weighted by Gasteiger charge is -2.22. The molecule has 6 heteroatoms. The Hall–Kier alpha value is -1.50. The van der Waals surface area contributed by atoms with E-state index < -0.39 is 0 Å². The van der Waals surface area contributed by atoms with Crippen LogP contribution in [-0.4, -0.2) is 52.2 Å². The molecule has 0 radical (unpaired) electrons. The maximum Gasteiger partial charge on any atom is 0.189 e. The van der Waals surface area contributed by atoms with Crippen LogP contribution in [0.5, 0.6) is 0 Å². The molecular formula is C13H19N3O2S. The highest BCUT2D eigenvalue weighted by molar-refractivity contribution is 7.80. The molecule has 0 saturated heterocycles. The third-order valence-corrected chi connectivity index (χ3v) is 2.89. The maximum atomic E-state index is 8.92. The first-order valence-electron chi connectivity index (χ1n) is 6.05. The van der Waals surface area contributed by atoms with Crippen LogP contribution >= 0.6 is 12.2 Å². The minimum atomic E-state index is -0.0246. The molecule has 0 fully saturated rings. The van der Waals surface area contributed by atoms with Crippen LogP contribution in [-0.2, 0) is 0 Å². The molecule has 0 aliphatic rings. The van der Waals surface area contributed by atoms with Crippen LogP contribution in [0.15, 0.2) is 35.4 Å². The Labute approximate surface area is 118 Å². The molecule has 0 bridgehead atoms. The molecule has 1 aromatic carbocycles. The Kier molecular flexibility index (Phi) is 7.02. The molecule has 0 aliphatic carbocycles. The number of hydrazone groups is 1. The second-order valence-corrected chi connectivity index (χ2v) is 4.30. The van der Waals surface area contributed by atoms with Crippen molar-refractivity contribution >= 4 is 23.0 Å². The third-order valence-electron chi connectivity index (χ3n) is 2.54. The molecule has 1 aromatic rings. The molecule has 0 heterocycles. The van der Waals surface area contributed by atoms with Gasteiger partial charge in [-0.1, -0.05) is 30.3 Å². The second-order valence-electron chi connectivity index (χ2n) is 3.91. The summed E-state index contributed by atoms with van der Waals surface area (Å²) < 4.78 is 0. The van der Waals surface area contributed by atoms with Gasteiger partial charge in [0.2, 0.25) is 0 Å². The van der Waals surface area contributed by atoms with Gasteiger partial charge in [0.05, 0.1) is 18.9 Å². The standard InChI is InChI=1S/C13H19N3O2S/c1-11(12-5-3-2-4-6-12)14-15-13(19)16(7-9-17)8-10-18/h2-6,17-18H,7-10H2,1H3,(H,15,19)/b14-11+. The quantitative estimate of drug-likeness (QED) is 0.404. The second kappa shape index (κ2) is 8.58. The van der Waals surface area contributed by atoms with Gasteiger partial charge >= 0.3 is 0 Å². The summed E-state index contributed by atoms with van der Waals surface area (Å²) in [6, 6.07) is 9.75. The molecule has 0 saturated carbocycles. The van der Waals surface area contributed by atoms with Crippen molar-refractivity contribution < 1.29 is 10.2 Å². The number of thiocarbonyl (C=S) groups is 1. The van der Waals surface area contributed by atoms with Crippen molar-refractivity contribution in [3.05, 3.63) is 35.9 Å². The fourth-order valence-electron chi connectivity index (χ4n) is 1.50. The Morgan fingerprint density at radius 1 is 1.21 bits per heavy atom. The topological polar surface area (TPSA) is 68.1 Å². The van der Waals surface area contributed by atoms with E-state index in [2.05, 4.69) is 10.5 Å². The van der Waals surface area contributed by atoms with Crippen molar-refractivity contribution in [1.82, 2.24) is 10.3 Å². The minimum absolute atomic E-state index is 0.0246. The van der Waals surface area contributed by atoms with Gasteiger partial charge in [0.1, 0.15) is 0 Å². The molecule has 0 unspecified atom stereocenters. The Morgan fingerprint density at radius 2 is 1.79 bits per heavy atom. The SMILES string of the molecule is C/C(=N\NC(=S)N(CCO)CCO)c1ccccc1. The molecule has 1 rings (SSSR count). The number of nitrogens with zero attached hydrogens (tertiary/aromatic N) is 2. The monoisotopic (exact) mass is 281 g/mol. The van der Waals surface area contributed by atoms with Crippen molar-refractivity contribution in [3.63, 3.8) is 0 Å². The zero-order valence-corrected chi connectivity index (χ0v) is 11.7. The van der Waals surface area contributed by atoms with E-state index in [1.54, 1.807) is 4.90 Å². The van der Waals surface area contributed by atoms with Crippen molar-refractivity contribution in [2.75, 3.05) is 26.3 Å². The molecule has 0 amide bonds. The Balaban J connectivity index is 2.61. The summed E-state index contributed by atoms with van der Waals surface area (Å²) in [6.07, 6.45) is 0. The lowest BCUT2D eigenvalue weighted by atomic mass is 10.1. The number of hydrogen-bond donors (Lipinski definition) is 3. The van der Waals surface area contributed by atoms with Gasteiger partial charge in [0, 0.05) is 13.1 Å². The molecule has 104 valence electrons. The van der Waals surface area contributed by atoms with Crippen molar-refractivity contribution in [3.8, 4) is 0 Å². The van der Waals surface area contributed by atoms with E-state index in [0.29, 0.717) is 18.2 Å². The van der Waals surface area contributed by atoms with Crippen molar-refractivity contribution in [2.45, 2.75) is 6.92 Å². The first-order valence-corrected chi connectivity index (χ1v) is 6.46. The van der Waals surface area contributed by atoms with Gasteiger partial charge in [-0.2, -0.15) is 5.10 Å². The van der Waals surface area contributed by atoms with Crippen molar-refractivity contribution in [2.24, 2.45) is 5.10 Å². The van der Waals surface area contributed by atoms with Gasteiger partial charge in [0.25, 0.3) is 0 Å². The van der Waals surface area contributed by atoms with Crippen LogP contribution in [0.4, 0.5) is 0 Å². The molecule has 0 atom stereocenters. The van der Waals surface area contributed by atoms with Crippen LogP contribution in [0, 0.1) is 0 Å². The van der Waals surface area contributed by atoms with Crippen molar-refractivity contribution in [1.29, 1.82) is 0 Å². The summed E-state index contributed by atoms with van der Waals surface area (Å²) >= 11 is 5.16. The molecule has 19 heavy (non-hydrogen) atoms. The molecule has 0 aromatic heterocycles. The third kappa shape index (κ3) is 5.34. The first kappa shape index (κ1) is 15.6. The summed E-state index contributed by atoms with van der Waals surface area (Å²) in [5, 5.41) is 22.4. The number of hydrogen-bond acceptors (Lipinski definition) is 4. The Bertz CT molecular complexity index is 417. The van der Waals surface area contributed by atoms with E-state index in [1.165, 1.54) is 0 Å².